The van der Waals surface area contributed by atoms with Gasteiger partial charge in [-0.15, -0.1) is 0 Å². The first-order chi connectivity index (χ1) is 14.6. The second-order valence-corrected chi connectivity index (χ2v) is 8.02. The largest absolute Gasteiger partial charge is 0.492 e. The molecular weight excluding hydrogens is 444 g/mol. The molecule has 6 heteroatoms. The summed E-state index contributed by atoms with van der Waals surface area (Å²) in [7, 11) is 0. The first kappa shape index (κ1) is 23.9. The molecule has 0 saturated carbocycles. The zero-order valence-corrected chi connectivity index (χ0v) is 19.4. The van der Waals surface area contributed by atoms with Gasteiger partial charge in [-0.25, -0.2) is 0 Å². The third kappa shape index (κ3) is 7.48. The Morgan fingerprint density at radius 1 is 0.933 bits per heavy atom. The number of ether oxygens (including phenoxy) is 1. The Hall–Kier alpha value is -2.34. The Morgan fingerprint density at radius 2 is 1.70 bits per heavy atom. The van der Waals surface area contributed by atoms with Gasteiger partial charge in [0.1, 0.15) is 5.75 Å². The van der Waals surface area contributed by atoms with E-state index in [0.717, 1.165) is 35.9 Å². The van der Waals surface area contributed by atoms with Gasteiger partial charge in [0.15, 0.2) is 0 Å². The molecule has 2 amide bonds. The number of carbonyl (C=O) groups excluding carboxylic acids is 2. The second-order valence-electron chi connectivity index (χ2n) is 7.16. The van der Waals surface area contributed by atoms with E-state index in [0.29, 0.717) is 30.0 Å². The number of anilines is 1. The topological polar surface area (TPSA) is 67.4 Å². The molecule has 162 valence electrons. The van der Waals surface area contributed by atoms with Gasteiger partial charge in [0.2, 0.25) is 0 Å². The van der Waals surface area contributed by atoms with Crippen LogP contribution in [0.3, 0.4) is 0 Å². The maximum atomic E-state index is 12.7. The summed E-state index contributed by atoms with van der Waals surface area (Å²) in [6.45, 7) is 5.52. The summed E-state index contributed by atoms with van der Waals surface area (Å²) < 4.78 is 6.53. The van der Waals surface area contributed by atoms with E-state index in [1.165, 1.54) is 12.8 Å². The SMILES string of the molecule is CCCCCCOc1ccc(C(=O)Nc2ccccc2C(=O)NCCCC)cc1Br. The Kier molecular flexibility index (Phi) is 10.4. The van der Waals surface area contributed by atoms with Crippen LogP contribution in [0.4, 0.5) is 5.69 Å². The van der Waals surface area contributed by atoms with E-state index in [4.69, 9.17) is 4.74 Å². The van der Waals surface area contributed by atoms with Crippen LogP contribution in [-0.4, -0.2) is 25.0 Å². The number of hydrogen-bond acceptors (Lipinski definition) is 3. The van der Waals surface area contributed by atoms with Gasteiger partial charge < -0.3 is 15.4 Å². The minimum absolute atomic E-state index is 0.188. The molecule has 5 nitrogen and oxygen atoms in total. The van der Waals surface area contributed by atoms with Crippen molar-refractivity contribution in [1.29, 1.82) is 0 Å². The Morgan fingerprint density at radius 3 is 2.43 bits per heavy atom. The number of benzene rings is 2. The van der Waals surface area contributed by atoms with Crippen molar-refractivity contribution in [3.8, 4) is 5.75 Å². The van der Waals surface area contributed by atoms with Gasteiger partial charge in [-0.1, -0.05) is 51.7 Å². The molecule has 0 aliphatic heterocycles. The lowest BCUT2D eigenvalue weighted by Crippen LogP contribution is -2.26. The molecule has 0 spiro atoms. The molecule has 0 aliphatic rings. The number of unbranched alkanes of at least 4 members (excludes halogenated alkanes) is 4. The molecule has 0 atom stereocenters. The molecule has 0 fully saturated rings. The van der Waals surface area contributed by atoms with Gasteiger partial charge in [-0.3, -0.25) is 9.59 Å². The van der Waals surface area contributed by atoms with Crippen molar-refractivity contribution >= 4 is 33.4 Å². The number of rotatable bonds is 12. The highest BCUT2D eigenvalue weighted by molar-refractivity contribution is 9.10. The fourth-order valence-corrected chi connectivity index (χ4v) is 3.42. The van der Waals surface area contributed by atoms with Gasteiger partial charge in [0.05, 0.1) is 22.3 Å². The Labute approximate surface area is 187 Å². The van der Waals surface area contributed by atoms with Crippen molar-refractivity contribution in [2.24, 2.45) is 0 Å². The molecule has 2 aromatic carbocycles. The minimum Gasteiger partial charge on any atom is -0.492 e. The molecule has 0 heterocycles. The molecule has 0 unspecified atom stereocenters. The second kappa shape index (κ2) is 13.1. The zero-order chi connectivity index (χ0) is 21.8. The predicted octanol–water partition coefficient (Wildman–Crippen LogP) is 6.19. The molecule has 2 rings (SSSR count). The fraction of sp³-hybridized carbons (Fsp3) is 0.417. The van der Waals surface area contributed by atoms with Crippen LogP contribution in [0.5, 0.6) is 5.75 Å². The van der Waals surface area contributed by atoms with Gasteiger partial charge >= 0.3 is 0 Å². The van der Waals surface area contributed by atoms with Gasteiger partial charge in [0, 0.05) is 12.1 Å². The van der Waals surface area contributed by atoms with Crippen LogP contribution < -0.4 is 15.4 Å². The van der Waals surface area contributed by atoms with Gasteiger partial charge in [-0.2, -0.15) is 0 Å². The highest BCUT2D eigenvalue weighted by Gasteiger charge is 2.15. The highest BCUT2D eigenvalue weighted by atomic mass is 79.9. The summed E-state index contributed by atoms with van der Waals surface area (Å²) in [6.07, 6.45) is 6.49. The normalized spacial score (nSPS) is 10.5. The van der Waals surface area contributed by atoms with Crippen LogP contribution >= 0.6 is 15.9 Å². The summed E-state index contributed by atoms with van der Waals surface area (Å²) in [5.41, 5.74) is 1.43. The summed E-state index contributed by atoms with van der Waals surface area (Å²) in [4.78, 5) is 25.2. The number of carbonyl (C=O) groups is 2. The summed E-state index contributed by atoms with van der Waals surface area (Å²) in [6, 6.07) is 12.3. The molecule has 0 aromatic heterocycles. The maximum absolute atomic E-state index is 12.7. The third-order valence-corrected chi connectivity index (χ3v) is 5.31. The number of hydrogen-bond donors (Lipinski definition) is 2. The summed E-state index contributed by atoms with van der Waals surface area (Å²) in [5, 5.41) is 5.74. The van der Waals surface area contributed by atoms with Crippen LogP contribution in [0.15, 0.2) is 46.9 Å². The van der Waals surface area contributed by atoms with Gasteiger partial charge in [0.25, 0.3) is 11.8 Å². The van der Waals surface area contributed by atoms with E-state index in [9.17, 15) is 9.59 Å². The smallest absolute Gasteiger partial charge is 0.255 e. The average molecular weight is 475 g/mol. The molecule has 2 aromatic rings. The Bertz CT molecular complexity index is 839. The molecular formula is C24H31BrN2O3. The van der Waals surface area contributed by atoms with Gasteiger partial charge in [-0.05, 0) is 59.1 Å². The van der Waals surface area contributed by atoms with Crippen LogP contribution in [0.1, 0.15) is 73.1 Å². The van der Waals surface area contributed by atoms with Crippen molar-refractivity contribution in [2.45, 2.75) is 52.4 Å². The molecule has 2 N–H and O–H groups in total. The van der Waals surface area contributed by atoms with Crippen LogP contribution in [0, 0.1) is 0 Å². The lowest BCUT2D eigenvalue weighted by molar-refractivity contribution is 0.0954. The third-order valence-electron chi connectivity index (χ3n) is 4.69. The summed E-state index contributed by atoms with van der Waals surface area (Å²) >= 11 is 3.49. The number of amides is 2. The van der Waals surface area contributed by atoms with Crippen molar-refractivity contribution in [1.82, 2.24) is 5.32 Å². The van der Waals surface area contributed by atoms with Crippen molar-refractivity contribution < 1.29 is 14.3 Å². The molecule has 0 bridgehead atoms. The molecule has 30 heavy (non-hydrogen) atoms. The number of halogens is 1. The van der Waals surface area contributed by atoms with Crippen LogP contribution in [0.2, 0.25) is 0 Å². The van der Waals surface area contributed by atoms with Crippen LogP contribution in [-0.2, 0) is 0 Å². The van der Waals surface area contributed by atoms with Crippen molar-refractivity contribution in [2.75, 3.05) is 18.5 Å². The zero-order valence-electron chi connectivity index (χ0n) is 17.8. The van der Waals surface area contributed by atoms with E-state index in [1.54, 1.807) is 42.5 Å². The maximum Gasteiger partial charge on any atom is 0.255 e. The molecule has 0 saturated heterocycles. The lowest BCUT2D eigenvalue weighted by atomic mass is 10.1. The molecule has 0 aliphatic carbocycles. The monoisotopic (exact) mass is 474 g/mol. The summed E-state index contributed by atoms with van der Waals surface area (Å²) in [5.74, 6) is 0.255. The average Bonchev–Trinajstić information content (AvgIpc) is 2.75. The van der Waals surface area contributed by atoms with E-state index in [2.05, 4.69) is 40.4 Å². The number of nitrogens with one attached hydrogen (secondary N) is 2. The first-order valence-electron chi connectivity index (χ1n) is 10.7. The fourth-order valence-electron chi connectivity index (χ4n) is 2.93. The van der Waals surface area contributed by atoms with Crippen LogP contribution in [0.25, 0.3) is 0 Å². The highest BCUT2D eigenvalue weighted by Crippen LogP contribution is 2.27. The standard InChI is InChI=1S/C24H31BrN2O3/c1-3-5-7-10-16-30-22-14-13-18(17-20(22)25)23(28)27-21-12-9-8-11-19(21)24(29)26-15-6-4-2/h8-9,11-14,17H,3-7,10,15-16H2,1-2H3,(H,26,29)(H,27,28). The van der Waals surface area contributed by atoms with E-state index >= 15 is 0 Å². The first-order valence-corrected chi connectivity index (χ1v) is 11.5. The lowest BCUT2D eigenvalue weighted by Gasteiger charge is -2.13. The van der Waals surface area contributed by atoms with E-state index in [1.807, 2.05) is 0 Å². The predicted molar refractivity (Wildman–Crippen MR) is 125 cm³/mol. The quantitative estimate of drug-likeness (QED) is 0.360. The van der Waals surface area contributed by atoms with Crippen molar-refractivity contribution in [3.05, 3.63) is 58.1 Å². The Balaban J connectivity index is 2.01. The molecule has 0 radical (unpaired) electrons. The van der Waals surface area contributed by atoms with E-state index < -0.39 is 0 Å². The minimum atomic E-state index is -0.279. The van der Waals surface area contributed by atoms with Crippen molar-refractivity contribution in [3.63, 3.8) is 0 Å². The number of para-hydroxylation sites is 1. The van der Waals surface area contributed by atoms with E-state index in [-0.39, 0.29) is 11.8 Å².